The largest absolute Gasteiger partial charge is 0.401 e. The van der Waals surface area contributed by atoms with E-state index in [1.807, 2.05) is 12.2 Å². The Morgan fingerprint density at radius 3 is 1.89 bits per heavy atom. The first-order valence-electron chi connectivity index (χ1n) is 9.63. The zero-order valence-electron chi connectivity index (χ0n) is 16.8. The molecule has 1 unspecified atom stereocenters. The Kier molecular flexibility index (Phi) is 7.78. The Labute approximate surface area is 165 Å². The van der Waals surface area contributed by atoms with Gasteiger partial charge in [0, 0.05) is 6.61 Å². The summed E-state index contributed by atoms with van der Waals surface area (Å²) in [5.41, 5.74) is 0. The van der Waals surface area contributed by atoms with E-state index < -0.39 is 8.32 Å². The van der Waals surface area contributed by atoms with Crippen LogP contribution in [-0.2, 0) is 4.43 Å². The third-order valence-corrected chi connectivity index (χ3v) is 9.90. The zero-order chi connectivity index (χ0) is 19.8. The lowest BCUT2D eigenvalue weighted by atomic mass is 10.2. The van der Waals surface area contributed by atoms with Gasteiger partial charge in [0.1, 0.15) is 0 Å². The average Bonchev–Trinajstić information content (AvgIpc) is 2.68. The van der Waals surface area contributed by atoms with Crippen molar-refractivity contribution in [3.8, 4) is 0 Å². The highest BCUT2D eigenvalue weighted by molar-refractivity contribution is 6.99. The van der Waals surface area contributed by atoms with Crippen molar-refractivity contribution in [3.05, 3.63) is 85.5 Å². The second-order valence-corrected chi connectivity index (χ2v) is 12.0. The number of rotatable bonds is 9. The van der Waals surface area contributed by atoms with Gasteiger partial charge in [-0.15, -0.1) is 6.58 Å². The molecule has 1 atom stereocenters. The zero-order valence-corrected chi connectivity index (χ0v) is 17.8. The highest BCUT2D eigenvalue weighted by Gasteiger charge is 2.51. The highest BCUT2D eigenvalue weighted by atomic mass is 28.4. The second-order valence-electron chi connectivity index (χ2n) is 7.77. The number of aliphatic hydroxyl groups is 1. The van der Waals surface area contributed by atoms with E-state index in [0.29, 0.717) is 6.42 Å². The van der Waals surface area contributed by atoms with Crippen molar-refractivity contribution in [2.75, 3.05) is 6.61 Å². The van der Waals surface area contributed by atoms with Crippen molar-refractivity contribution in [3.63, 3.8) is 0 Å². The molecule has 0 spiro atoms. The van der Waals surface area contributed by atoms with Crippen LogP contribution < -0.4 is 10.4 Å². The van der Waals surface area contributed by atoms with Crippen LogP contribution in [0.1, 0.15) is 33.6 Å². The van der Waals surface area contributed by atoms with Gasteiger partial charge in [-0.2, -0.15) is 0 Å². The predicted octanol–water partition coefficient (Wildman–Crippen LogP) is 4.45. The molecule has 0 amide bonds. The number of benzene rings is 2. The van der Waals surface area contributed by atoms with Gasteiger partial charge in [-0.05, 0) is 28.3 Å². The van der Waals surface area contributed by atoms with E-state index in [2.05, 4.69) is 94.1 Å². The summed E-state index contributed by atoms with van der Waals surface area (Å²) in [5, 5.41) is 11.5. The molecule has 2 aromatic carbocycles. The minimum atomic E-state index is -2.56. The number of aliphatic hydroxyl groups excluding tert-OH is 1. The van der Waals surface area contributed by atoms with Crippen molar-refractivity contribution in [1.29, 1.82) is 0 Å². The fourth-order valence-electron chi connectivity index (χ4n) is 3.53. The Morgan fingerprint density at radius 2 is 1.48 bits per heavy atom. The highest BCUT2D eigenvalue weighted by Crippen LogP contribution is 2.37. The molecule has 0 saturated heterocycles. The molecule has 0 aromatic heterocycles. The topological polar surface area (TPSA) is 29.5 Å². The molecule has 0 heterocycles. The third-order valence-electron chi connectivity index (χ3n) is 4.84. The molecule has 1 N–H and O–H groups in total. The maximum atomic E-state index is 8.98. The molecule has 144 valence electrons. The Morgan fingerprint density at radius 1 is 0.963 bits per heavy atom. The van der Waals surface area contributed by atoms with Crippen LogP contribution >= 0.6 is 0 Å². The summed E-state index contributed by atoms with van der Waals surface area (Å²) < 4.78 is 7.01. The molecule has 2 aromatic rings. The van der Waals surface area contributed by atoms with Gasteiger partial charge < -0.3 is 9.53 Å². The minimum absolute atomic E-state index is 0.0498. The molecular formula is C24H32O2Si. The Balaban J connectivity index is 2.53. The molecule has 0 fully saturated rings. The van der Waals surface area contributed by atoms with Crippen molar-refractivity contribution in [1.82, 2.24) is 0 Å². The maximum Gasteiger partial charge on any atom is 0.261 e. The van der Waals surface area contributed by atoms with Gasteiger partial charge >= 0.3 is 0 Å². The molecule has 0 bridgehead atoms. The van der Waals surface area contributed by atoms with Crippen LogP contribution in [0.25, 0.3) is 0 Å². The van der Waals surface area contributed by atoms with Crippen LogP contribution in [0.5, 0.6) is 0 Å². The summed E-state index contributed by atoms with van der Waals surface area (Å²) in [7, 11) is -2.56. The lowest BCUT2D eigenvalue weighted by Crippen LogP contribution is -2.67. The summed E-state index contributed by atoms with van der Waals surface area (Å²) in [5.74, 6) is 0. The Bertz CT molecular complexity index is 678. The van der Waals surface area contributed by atoms with Gasteiger partial charge in [0.15, 0.2) is 0 Å². The molecule has 2 nitrogen and oxygen atoms in total. The molecule has 27 heavy (non-hydrogen) atoms. The van der Waals surface area contributed by atoms with Crippen LogP contribution in [0, 0.1) is 0 Å². The van der Waals surface area contributed by atoms with E-state index in [1.165, 1.54) is 10.4 Å². The molecule has 2 rings (SSSR count). The molecule has 0 aliphatic carbocycles. The standard InChI is InChI=1S/C24H32O2Si/c1-5-21(15-9-8-14-20-25)26-27(24(2,3)4,22-16-10-6-11-17-22)23-18-12-7-13-19-23/h5-13,16-19,21,25H,1,14-15,20H2,2-4H3/b9-8+. The van der Waals surface area contributed by atoms with Gasteiger partial charge in [0.2, 0.25) is 0 Å². The van der Waals surface area contributed by atoms with E-state index >= 15 is 0 Å². The van der Waals surface area contributed by atoms with E-state index in [4.69, 9.17) is 9.53 Å². The second kappa shape index (κ2) is 9.84. The lowest BCUT2D eigenvalue weighted by molar-refractivity contribution is 0.236. The van der Waals surface area contributed by atoms with E-state index in [0.717, 1.165) is 6.42 Å². The first-order valence-corrected chi connectivity index (χ1v) is 11.5. The number of hydrogen-bond acceptors (Lipinski definition) is 2. The SMILES string of the molecule is C=CC(C/C=C/CCO)O[Si](c1ccccc1)(c1ccccc1)C(C)(C)C. The van der Waals surface area contributed by atoms with Gasteiger partial charge in [-0.3, -0.25) is 0 Å². The van der Waals surface area contributed by atoms with Crippen molar-refractivity contribution in [2.24, 2.45) is 0 Å². The van der Waals surface area contributed by atoms with Gasteiger partial charge in [-0.1, -0.05) is 99.7 Å². The van der Waals surface area contributed by atoms with Gasteiger partial charge in [-0.25, -0.2) is 0 Å². The predicted molar refractivity (Wildman–Crippen MR) is 118 cm³/mol. The number of hydrogen-bond donors (Lipinski definition) is 1. The van der Waals surface area contributed by atoms with Crippen LogP contribution in [0.15, 0.2) is 85.5 Å². The first-order chi connectivity index (χ1) is 13.0. The summed E-state index contributed by atoms with van der Waals surface area (Å²) >= 11 is 0. The fraction of sp³-hybridized carbons (Fsp3) is 0.333. The maximum absolute atomic E-state index is 8.98. The molecule has 0 saturated carbocycles. The summed E-state index contributed by atoms with van der Waals surface area (Å²) in [6.45, 7) is 11.0. The van der Waals surface area contributed by atoms with Crippen LogP contribution in [0.4, 0.5) is 0 Å². The lowest BCUT2D eigenvalue weighted by Gasteiger charge is -2.44. The van der Waals surface area contributed by atoms with E-state index in [-0.39, 0.29) is 17.7 Å². The van der Waals surface area contributed by atoms with Crippen molar-refractivity contribution in [2.45, 2.75) is 44.8 Å². The normalized spacial score (nSPS) is 13.6. The monoisotopic (exact) mass is 380 g/mol. The van der Waals surface area contributed by atoms with Crippen LogP contribution in [-0.4, -0.2) is 26.1 Å². The van der Waals surface area contributed by atoms with Crippen LogP contribution in [0.2, 0.25) is 5.04 Å². The quantitative estimate of drug-likeness (QED) is 0.514. The molecule has 0 aliphatic rings. The van der Waals surface area contributed by atoms with Gasteiger partial charge in [0.05, 0.1) is 6.10 Å². The average molecular weight is 381 g/mol. The fourth-order valence-corrected chi connectivity index (χ4v) is 8.19. The molecule has 0 radical (unpaired) electrons. The molecular weight excluding hydrogens is 348 g/mol. The minimum Gasteiger partial charge on any atom is -0.401 e. The summed E-state index contributed by atoms with van der Waals surface area (Å²) in [6.07, 6.45) is 7.34. The van der Waals surface area contributed by atoms with Crippen molar-refractivity contribution >= 4 is 18.7 Å². The van der Waals surface area contributed by atoms with Gasteiger partial charge in [0.25, 0.3) is 8.32 Å². The Hall–Kier alpha value is -1.94. The van der Waals surface area contributed by atoms with Crippen molar-refractivity contribution < 1.29 is 9.53 Å². The van der Waals surface area contributed by atoms with E-state index in [1.54, 1.807) is 0 Å². The summed E-state index contributed by atoms with van der Waals surface area (Å²) in [6, 6.07) is 21.3. The first kappa shape index (κ1) is 21.4. The molecule has 3 heteroatoms. The summed E-state index contributed by atoms with van der Waals surface area (Å²) in [4.78, 5) is 0. The van der Waals surface area contributed by atoms with E-state index in [9.17, 15) is 0 Å². The molecule has 0 aliphatic heterocycles. The smallest absolute Gasteiger partial charge is 0.261 e. The van der Waals surface area contributed by atoms with Crippen LogP contribution in [0.3, 0.4) is 0 Å². The third kappa shape index (κ3) is 5.07.